The van der Waals surface area contributed by atoms with Crippen molar-refractivity contribution in [1.82, 2.24) is 14.6 Å². The van der Waals surface area contributed by atoms with Crippen LogP contribution in [-0.2, 0) is 4.79 Å². The number of carboxylic acids is 1. The molecule has 3 rings (SSSR count). The van der Waals surface area contributed by atoms with E-state index in [0.29, 0.717) is 0 Å². The maximum Gasteiger partial charge on any atom is 0.303 e. The van der Waals surface area contributed by atoms with E-state index in [1.807, 2.05) is 0 Å². The van der Waals surface area contributed by atoms with E-state index in [9.17, 15) is 19.1 Å². The molecule has 2 heterocycles. The highest BCUT2D eigenvalue weighted by Gasteiger charge is 2.16. The summed E-state index contributed by atoms with van der Waals surface area (Å²) in [6, 6.07) is 5.09. The number of hydrogen-bond donors (Lipinski definition) is 2. The second kappa shape index (κ2) is 6.48. The molecule has 0 radical (unpaired) electrons. The Kier molecular flexibility index (Phi) is 4.37. The molecule has 3 aromatic rings. The standard InChI is InChI=1S/C16H11ClFN3O4/c17-8-1-2-9(10(18)5-8)11-6-13(23)15(12(22)3-4-14(24)25)16-19-7-20-21(11)16/h1-2,5-7,22H,3-4H2,(H,24,25). The summed E-state index contributed by atoms with van der Waals surface area (Å²) in [6.07, 6.45) is 0.570. The quantitative estimate of drug-likeness (QED) is 0.732. The lowest BCUT2D eigenvalue weighted by molar-refractivity contribution is -0.136. The fourth-order valence-electron chi connectivity index (χ4n) is 2.47. The molecule has 1 aromatic carbocycles. The fourth-order valence-corrected chi connectivity index (χ4v) is 2.63. The zero-order valence-corrected chi connectivity index (χ0v) is 13.4. The van der Waals surface area contributed by atoms with Crippen LogP contribution < -0.4 is 10.6 Å². The maximum absolute atomic E-state index is 14.2. The normalized spacial score (nSPS) is 12.4. The molecule has 0 saturated carbocycles. The van der Waals surface area contributed by atoms with Crippen LogP contribution in [0.15, 0.2) is 35.4 Å². The first kappa shape index (κ1) is 16.8. The Balaban J connectivity index is 2.28. The van der Waals surface area contributed by atoms with Crippen LogP contribution in [0.25, 0.3) is 22.7 Å². The van der Waals surface area contributed by atoms with Crippen molar-refractivity contribution < 1.29 is 19.4 Å². The van der Waals surface area contributed by atoms with Gasteiger partial charge in [-0.05, 0) is 18.2 Å². The molecule has 2 aromatic heterocycles. The third-order valence-corrected chi connectivity index (χ3v) is 3.82. The van der Waals surface area contributed by atoms with Crippen molar-refractivity contribution >= 4 is 29.0 Å². The Morgan fingerprint density at radius 1 is 1.24 bits per heavy atom. The molecular weight excluding hydrogens is 353 g/mol. The number of benzene rings is 1. The molecule has 25 heavy (non-hydrogen) atoms. The van der Waals surface area contributed by atoms with Crippen LogP contribution in [0.3, 0.4) is 0 Å². The summed E-state index contributed by atoms with van der Waals surface area (Å²) in [4.78, 5) is 27.0. The van der Waals surface area contributed by atoms with Gasteiger partial charge in [0.15, 0.2) is 11.1 Å². The van der Waals surface area contributed by atoms with Crippen LogP contribution in [0.2, 0.25) is 5.02 Å². The van der Waals surface area contributed by atoms with Crippen molar-refractivity contribution in [2.24, 2.45) is 0 Å². The minimum Gasteiger partial charge on any atom is -0.511 e. The fraction of sp³-hybridized carbons (Fsp3) is 0.125. The molecule has 0 amide bonds. The molecule has 0 saturated heterocycles. The van der Waals surface area contributed by atoms with Crippen LogP contribution in [0.5, 0.6) is 0 Å². The smallest absolute Gasteiger partial charge is 0.303 e. The first-order valence-corrected chi connectivity index (χ1v) is 7.52. The summed E-state index contributed by atoms with van der Waals surface area (Å²) in [5, 5.41) is 22.8. The molecule has 0 aliphatic rings. The molecule has 0 bridgehead atoms. The van der Waals surface area contributed by atoms with E-state index in [4.69, 9.17) is 16.7 Å². The molecule has 0 aliphatic heterocycles. The first-order chi connectivity index (χ1) is 11.9. The lowest BCUT2D eigenvalue weighted by Gasteiger charge is -2.07. The molecule has 0 unspecified atom stereocenters. The highest BCUT2D eigenvalue weighted by molar-refractivity contribution is 6.30. The number of hydrogen-bond acceptors (Lipinski definition) is 5. The van der Waals surface area contributed by atoms with E-state index in [1.54, 1.807) is 0 Å². The molecular formula is C16H11ClFN3O4. The number of rotatable bonds is 4. The summed E-state index contributed by atoms with van der Waals surface area (Å²) < 4.78 is 15.4. The Hall–Kier alpha value is -3.00. The summed E-state index contributed by atoms with van der Waals surface area (Å²) >= 11 is 5.74. The summed E-state index contributed by atoms with van der Waals surface area (Å²) in [7, 11) is 0. The molecule has 0 spiro atoms. The van der Waals surface area contributed by atoms with Gasteiger partial charge in [0.05, 0.1) is 12.1 Å². The number of carbonyl (C=O) groups is 1. The lowest BCUT2D eigenvalue weighted by atomic mass is 10.1. The third-order valence-electron chi connectivity index (χ3n) is 3.59. The van der Waals surface area contributed by atoms with Gasteiger partial charge in [-0.1, -0.05) is 11.6 Å². The van der Waals surface area contributed by atoms with E-state index in [-0.39, 0.29) is 40.0 Å². The summed E-state index contributed by atoms with van der Waals surface area (Å²) in [5.41, 5.74) is -0.373. The van der Waals surface area contributed by atoms with Crippen molar-refractivity contribution in [3.05, 3.63) is 56.9 Å². The SMILES string of the molecule is O=C(O)CCC(O)=c1c(=O)cc(-c2ccc(Cl)cc2F)n2ncnc12. The third kappa shape index (κ3) is 3.16. The summed E-state index contributed by atoms with van der Waals surface area (Å²) in [6.45, 7) is 0. The predicted molar refractivity (Wildman–Crippen MR) is 87.8 cm³/mol. The number of aliphatic carboxylic acids is 1. The number of halogens is 2. The molecule has 0 aliphatic carbocycles. The van der Waals surface area contributed by atoms with Crippen molar-refractivity contribution in [2.45, 2.75) is 12.8 Å². The van der Waals surface area contributed by atoms with Gasteiger partial charge in [-0.25, -0.2) is 13.9 Å². The van der Waals surface area contributed by atoms with Gasteiger partial charge in [-0.2, -0.15) is 5.10 Å². The van der Waals surface area contributed by atoms with Crippen LogP contribution in [-0.4, -0.2) is 30.8 Å². The van der Waals surface area contributed by atoms with Gasteiger partial charge in [0.1, 0.15) is 23.1 Å². The zero-order valence-electron chi connectivity index (χ0n) is 12.6. The number of aromatic nitrogens is 3. The van der Waals surface area contributed by atoms with Crippen molar-refractivity contribution in [3.8, 4) is 11.3 Å². The van der Waals surface area contributed by atoms with Gasteiger partial charge in [0.25, 0.3) is 0 Å². The molecule has 2 N–H and O–H groups in total. The van der Waals surface area contributed by atoms with Crippen LogP contribution >= 0.6 is 11.6 Å². The number of aliphatic hydroxyl groups excluding tert-OH is 1. The van der Waals surface area contributed by atoms with E-state index in [1.165, 1.54) is 16.6 Å². The Morgan fingerprint density at radius 2 is 2.00 bits per heavy atom. The van der Waals surface area contributed by atoms with Gasteiger partial charge in [0, 0.05) is 23.1 Å². The van der Waals surface area contributed by atoms with Gasteiger partial charge in [-0.3, -0.25) is 9.59 Å². The zero-order chi connectivity index (χ0) is 18.1. The molecule has 0 atom stereocenters. The Labute approximate surface area is 144 Å². The average molecular weight is 364 g/mol. The van der Waals surface area contributed by atoms with Gasteiger partial charge in [0.2, 0.25) is 0 Å². The van der Waals surface area contributed by atoms with Crippen LogP contribution in [0.4, 0.5) is 4.39 Å². The second-order valence-corrected chi connectivity index (χ2v) is 5.67. The van der Waals surface area contributed by atoms with Gasteiger partial charge in [-0.15, -0.1) is 0 Å². The minimum absolute atomic E-state index is 0.0136. The van der Waals surface area contributed by atoms with Crippen LogP contribution in [0.1, 0.15) is 12.8 Å². The topological polar surface area (TPSA) is 105 Å². The number of fused-ring (bicyclic) bond motifs is 1. The number of pyridine rings is 1. The molecule has 128 valence electrons. The second-order valence-electron chi connectivity index (χ2n) is 5.23. The van der Waals surface area contributed by atoms with Crippen molar-refractivity contribution in [1.29, 1.82) is 0 Å². The predicted octanol–water partition coefficient (Wildman–Crippen LogP) is 1.80. The Morgan fingerprint density at radius 3 is 2.68 bits per heavy atom. The molecule has 9 heteroatoms. The van der Waals surface area contributed by atoms with Crippen molar-refractivity contribution in [3.63, 3.8) is 0 Å². The summed E-state index contributed by atoms with van der Waals surface area (Å²) in [5.74, 6) is -2.17. The molecule has 7 nitrogen and oxygen atoms in total. The van der Waals surface area contributed by atoms with Gasteiger partial charge < -0.3 is 10.2 Å². The van der Waals surface area contributed by atoms with E-state index < -0.39 is 23.0 Å². The largest absolute Gasteiger partial charge is 0.511 e. The highest BCUT2D eigenvalue weighted by atomic mass is 35.5. The average Bonchev–Trinajstić information content (AvgIpc) is 3.01. The van der Waals surface area contributed by atoms with E-state index >= 15 is 0 Å². The lowest BCUT2D eigenvalue weighted by Crippen LogP contribution is -2.30. The van der Waals surface area contributed by atoms with Crippen LogP contribution in [0, 0.1) is 5.82 Å². The van der Waals surface area contributed by atoms with Crippen molar-refractivity contribution in [2.75, 3.05) is 0 Å². The van der Waals surface area contributed by atoms with E-state index in [0.717, 1.165) is 18.5 Å². The maximum atomic E-state index is 14.2. The first-order valence-electron chi connectivity index (χ1n) is 7.14. The Bertz CT molecular complexity index is 1100. The van der Waals surface area contributed by atoms with Gasteiger partial charge >= 0.3 is 5.97 Å². The number of nitrogens with zero attached hydrogens (tertiary/aromatic N) is 3. The monoisotopic (exact) mass is 363 g/mol. The highest BCUT2D eigenvalue weighted by Crippen LogP contribution is 2.24. The minimum atomic E-state index is -1.11. The molecule has 0 fully saturated rings. The number of aliphatic hydroxyl groups is 1. The number of carboxylic acid groups (broad SMARTS) is 1. The van der Waals surface area contributed by atoms with E-state index in [2.05, 4.69) is 10.1 Å².